The van der Waals surface area contributed by atoms with Gasteiger partial charge in [0.25, 0.3) is 0 Å². The van der Waals surface area contributed by atoms with Gasteiger partial charge in [0, 0.05) is 6.20 Å². The summed E-state index contributed by atoms with van der Waals surface area (Å²) in [5.74, 6) is -1.20. The van der Waals surface area contributed by atoms with Crippen LogP contribution in [0, 0.1) is 0 Å². The normalized spacial score (nSPS) is 9.23. The van der Waals surface area contributed by atoms with Crippen LogP contribution in [0.3, 0.4) is 0 Å². The standard InChI is InChI=1S/C7H6N2O4/c10-6(11)4-1-2-8-3-5(4)9-7(12)13/h1-3,9H,(H,10,11)(H,12,13). The highest BCUT2D eigenvalue weighted by Gasteiger charge is 2.10. The van der Waals surface area contributed by atoms with Gasteiger partial charge < -0.3 is 10.2 Å². The minimum atomic E-state index is -1.32. The Bertz CT molecular complexity index is 350. The van der Waals surface area contributed by atoms with E-state index in [1.807, 2.05) is 5.32 Å². The molecule has 0 unspecified atom stereocenters. The zero-order valence-electron chi connectivity index (χ0n) is 6.39. The van der Waals surface area contributed by atoms with E-state index in [4.69, 9.17) is 10.2 Å². The second-order valence-corrected chi connectivity index (χ2v) is 2.16. The molecule has 0 bridgehead atoms. The molecule has 0 aliphatic carbocycles. The van der Waals surface area contributed by atoms with E-state index in [9.17, 15) is 9.59 Å². The number of carboxylic acids is 1. The highest BCUT2D eigenvalue weighted by atomic mass is 16.4. The average molecular weight is 182 g/mol. The summed E-state index contributed by atoms with van der Waals surface area (Å²) in [6, 6.07) is 1.22. The molecule has 1 aromatic heterocycles. The fraction of sp³-hybridized carbons (Fsp3) is 0. The van der Waals surface area contributed by atoms with E-state index in [0.717, 1.165) is 6.20 Å². The molecule has 6 heteroatoms. The maximum atomic E-state index is 10.5. The van der Waals surface area contributed by atoms with E-state index in [-0.39, 0.29) is 11.3 Å². The van der Waals surface area contributed by atoms with E-state index < -0.39 is 12.1 Å². The van der Waals surface area contributed by atoms with Crippen LogP contribution < -0.4 is 5.32 Å². The molecule has 0 aliphatic rings. The Morgan fingerprint density at radius 3 is 2.62 bits per heavy atom. The second kappa shape index (κ2) is 3.53. The van der Waals surface area contributed by atoms with Crippen molar-refractivity contribution in [2.45, 2.75) is 0 Å². The lowest BCUT2D eigenvalue weighted by molar-refractivity contribution is 0.0698. The lowest BCUT2D eigenvalue weighted by Gasteiger charge is -2.02. The summed E-state index contributed by atoms with van der Waals surface area (Å²) in [5.41, 5.74) is -0.167. The SMILES string of the molecule is O=C(O)Nc1cnccc1C(=O)O. The molecule has 1 amide bonds. The monoisotopic (exact) mass is 182 g/mol. The largest absolute Gasteiger partial charge is 0.478 e. The highest BCUT2D eigenvalue weighted by molar-refractivity contribution is 5.97. The number of pyridine rings is 1. The van der Waals surface area contributed by atoms with E-state index in [0.29, 0.717) is 0 Å². The maximum Gasteiger partial charge on any atom is 0.409 e. The number of carbonyl (C=O) groups is 2. The first-order valence-corrected chi connectivity index (χ1v) is 3.28. The molecule has 1 aromatic rings. The average Bonchev–Trinajstić information content (AvgIpc) is 2.03. The van der Waals surface area contributed by atoms with E-state index in [1.54, 1.807) is 0 Å². The van der Waals surface area contributed by atoms with Crippen molar-refractivity contribution in [2.75, 3.05) is 5.32 Å². The van der Waals surface area contributed by atoms with Crippen LogP contribution in [0.15, 0.2) is 18.5 Å². The summed E-state index contributed by atoms with van der Waals surface area (Å²) < 4.78 is 0. The first-order chi connectivity index (χ1) is 6.11. The van der Waals surface area contributed by atoms with E-state index in [1.165, 1.54) is 12.3 Å². The molecule has 1 heterocycles. The number of nitrogens with one attached hydrogen (secondary N) is 1. The number of carboxylic acid groups (broad SMARTS) is 2. The molecule has 0 atom stereocenters. The smallest absolute Gasteiger partial charge is 0.409 e. The fourth-order valence-corrected chi connectivity index (χ4v) is 0.796. The number of anilines is 1. The Hall–Kier alpha value is -2.11. The summed E-state index contributed by atoms with van der Waals surface area (Å²) in [6.07, 6.45) is 1.09. The van der Waals surface area contributed by atoms with Crippen LogP contribution in [0.25, 0.3) is 0 Å². The van der Waals surface area contributed by atoms with Gasteiger partial charge in [0.2, 0.25) is 0 Å². The van der Waals surface area contributed by atoms with Gasteiger partial charge in [-0.1, -0.05) is 0 Å². The number of nitrogens with zero attached hydrogens (tertiary/aromatic N) is 1. The first-order valence-electron chi connectivity index (χ1n) is 3.28. The molecule has 0 spiro atoms. The second-order valence-electron chi connectivity index (χ2n) is 2.16. The van der Waals surface area contributed by atoms with Crippen molar-refractivity contribution in [3.8, 4) is 0 Å². The number of rotatable bonds is 2. The number of aromatic carboxylic acids is 1. The highest BCUT2D eigenvalue weighted by Crippen LogP contribution is 2.12. The van der Waals surface area contributed by atoms with Crippen molar-refractivity contribution in [3.63, 3.8) is 0 Å². The third-order valence-corrected chi connectivity index (χ3v) is 1.29. The van der Waals surface area contributed by atoms with Gasteiger partial charge in [0.15, 0.2) is 0 Å². The van der Waals surface area contributed by atoms with E-state index >= 15 is 0 Å². The predicted octanol–water partition coefficient (Wildman–Crippen LogP) is 0.870. The van der Waals surface area contributed by atoms with Crippen molar-refractivity contribution < 1.29 is 19.8 Å². The molecule has 6 nitrogen and oxygen atoms in total. The number of hydrogen-bond donors (Lipinski definition) is 3. The Labute approximate surface area is 72.8 Å². The molecular weight excluding hydrogens is 176 g/mol. The quantitative estimate of drug-likeness (QED) is 0.630. The molecule has 68 valence electrons. The number of amides is 1. The molecule has 13 heavy (non-hydrogen) atoms. The van der Waals surface area contributed by atoms with Crippen LogP contribution in [-0.4, -0.2) is 27.3 Å². The molecule has 0 saturated heterocycles. The van der Waals surface area contributed by atoms with Crippen LogP contribution in [0.4, 0.5) is 10.5 Å². The molecule has 0 aliphatic heterocycles. The van der Waals surface area contributed by atoms with Gasteiger partial charge in [-0.05, 0) is 6.07 Å². The van der Waals surface area contributed by atoms with Gasteiger partial charge in [-0.3, -0.25) is 10.3 Å². The third-order valence-electron chi connectivity index (χ3n) is 1.29. The van der Waals surface area contributed by atoms with Crippen molar-refractivity contribution >= 4 is 17.7 Å². The number of hydrogen-bond acceptors (Lipinski definition) is 3. The maximum absolute atomic E-state index is 10.5. The Morgan fingerprint density at radius 1 is 1.38 bits per heavy atom. The summed E-state index contributed by atoms with van der Waals surface area (Å²) in [6.45, 7) is 0. The molecule has 1 rings (SSSR count). The van der Waals surface area contributed by atoms with Crippen molar-refractivity contribution in [3.05, 3.63) is 24.0 Å². The van der Waals surface area contributed by atoms with Crippen LogP contribution in [0.2, 0.25) is 0 Å². The Balaban J connectivity index is 3.04. The molecule has 0 saturated carbocycles. The fourth-order valence-electron chi connectivity index (χ4n) is 0.796. The van der Waals surface area contributed by atoms with E-state index in [2.05, 4.69) is 4.98 Å². The zero-order valence-corrected chi connectivity index (χ0v) is 6.39. The minimum absolute atomic E-state index is 0.0394. The number of aromatic nitrogens is 1. The van der Waals surface area contributed by atoms with Crippen LogP contribution in [-0.2, 0) is 0 Å². The molecule has 0 fully saturated rings. The van der Waals surface area contributed by atoms with Gasteiger partial charge in [-0.2, -0.15) is 0 Å². The third kappa shape index (κ3) is 2.16. The summed E-state index contributed by atoms with van der Waals surface area (Å²) in [5, 5.41) is 18.9. The molecule has 0 radical (unpaired) electrons. The van der Waals surface area contributed by atoms with Crippen molar-refractivity contribution in [1.82, 2.24) is 4.98 Å². The van der Waals surface area contributed by atoms with Crippen molar-refractivity contribution in [2.24, 2.45) is 0 Å². The molecule has 3 N–H and O–H groups in total. The van der Waals surface area contributed by atoms with Crippen LogP contribution >= 0.6 is 0 Å². The van der Waals surface area contributed by atoms with Gasteiger partial charge >= 0.3 is 12.1 Å². The van der Waals surface area contributed by atoms with Gasteiger partial charge in [-0.15, -0.1) is 0 Å². The minimum Gasteiger partial charge on any atom is -0.478 e. The summed E-state index contributed by atoms with van der Waals surface area (Å²) in [4.78, 5) is 24.3. The first kappa shape index (κ1) is 8.98. The van der Waals surface area contributed by atoms with Gasteiger partial charge in [0.1, 0.15) is 0 Å². The Morgan fingerprint density at radius 2 is 2.08 bits per heavy atom. The van der Waals surface area contributed by atoms with Crippen molar-refractivity contribution in [1.29, 1.82) is 0 Å². The molecule has 0 aromatic carbocycles. The van der Waals surface area contributed by atoms with Crippen LogP contribution in [0.5, 0.6) is 0 Å². The van der Waals surface area contributed by atoms with Gasteiger partial charge in [0.05, 0.1) is 17.4 Å². The lowest BCUT2D eigenvalue weighted by atomic mass is 10.2. The lowest BCUT2D eigenvalue weighted by Crippen LogP contribution is -2.11. The van der Waals surface area contributed by atoms with Gasteiger partial charge in [-0.25, -0.2) is 9.59 Å². The molecular formula is C7H6N2O4. The summed E-state index contributed by atoms with van der Waals surface area (Å²) >= 11 is 0. The Kier molecular flexibility index (Phi) is 2.44. The van der Waals surface area contributed by atoms with Crippen LogP contribution in [0.1, 0.15) is 10.4 Å². The predicted molar refractivity (Wildman–Crippen MR) is 42.8 cm³/mol. The topological polar surface area (TPSA) is 99.5 Å². The zero-order chi connectivity index (χ0) is 9.84. The summed E-state index contributed by atoms with van der Waals surface area (Å²) in [7, 11) is 0.